The van der Waals surface area contributed by atoms with Crippen molar-refractivity contribution in [3.05, 3.63) is 28.2 Å². The van der Waals surface area contributed by atoms with Crippen LogP contribution in [-0.2, 0) is 4.79 Å². The fraction of sp³-hybridized carbons (Fsp3) is 0.462. The van der Waals surface area contributed by atoms with E-state index in [1.54, 1.807) is 25.1 Å². The maximum Gasteiger partial charge on any atom is 0.307 e. The summed E-state index contributed by atoms with van der Waals surface area (Å²) in [6, 6.07) is 5.01. The summed E-state index contributed by atoms with van der Waals surface area (Å²) in [6.45, 7) is 3.23. The molecule has 106 valence electrons. The lowest BCUT2D eigenvalue weighted by atomic mass is 10.2. The van der Waals surface area contributed by atoms with E-state index < -0.39 is 11.9 Å². The van der Waals surface area contributed by atoms with E-state index in [0.717, 1.165) is 0 Å². The number of benzene rings is 1. The summed E-state index contributed by atoms with van der Waals surface area (Å²) in [5.74, 6) is -0.586. The first-order chi connectivity index (χ1) is 8.88. The molecule has 0 saturated carbocycles. The zero-order valence-corrected chi connectivity index (χ0v) is 12.4. The van der Waals surface area contributed by atoms with Gasteiger partial charge in [0.25, 0.3) is 0 Å². The van der Waals surface area contributed by atoms with Crippen LogP contribution < -0.4 is 4.74 Å². The minimum absolute atomic E-state index is 0.398. The molecule has 0 bridgehead atoms. The number of carboxylic acid groups (broad SMARTS) is 1. The Kier molecular flexibility index (Phi) is 6.42. The van der Waals surface area contributed by atoms with Crippen molar-refractivity contribution in [3.8, 4) is 5.75 Å². The zero-order valence-electron chi connectivity index (χ0n) is 10.9. The summed E-state index contributed by atoms with van der Waals surface area (Å²) in [4.78, 5) is 12.6. The molecule has 4 nitrogen and oxygen atoms in total. The van der Waals surface area contributed by atoms with Crippen molar-refractivity contribution in [3.63, 3.8) is 0 Å². The molecule has 0 spiro atoms. The Morgan fingerprint density at radius 2 is 1.95 bits per heavy atom. The van der Waals surface area contributed by atoms with Crippen LogP contribution in [0.25, 0.3) is 0 Å². The molecular formula is C13H17Cl2NO3. The molecule has 0 amide bonds. The molecule has 0 heterocycles. The van der Waals surface area contributed by atoms with E-state index in [4.69, 9.17) is 33.0 Å². The fourth-order valence-corrected chi connectivity index (χ4v) is 2.07. The van der Waals surface area contributed by atoms with Gasteiger partial charge in [-0.3, -0.25) is 4.79 Å². The third-order valence-electron chi connectivity index (χ3n) is 2.58. The number of carboxylic acids is 1. The monoisotopic (exact) mass is 305 g/mol. The first kappa shape index (κ1) is 16.1. The van der Waals surface area contributed by atoms with E-state index in [9.17, 15) is 4.79 Å². The Labute approximate surface area is 122 Å². The molecule has 1 aromatic carbocycles. The van der Waals surface area contributed by atoms with Crippen LogP contribution in [0.4, 0.5) is 0 Å². The predicted molar refractivity (Wildman–Crippen MR) is 76.3 cm³/mol. The quantitative estimate of drug-likeness (QED) is 0.841. The number of hydrogen-bond acceptors (Lipinski definition) is 3. The van der Waals surface area contributed by atoms with Crippen LogP contribution in [0.3, 0.4) is 0 Å². The van der Waals surface area contributed by atoms with E-state index in [1.807, 2.05) is 11.9 Å². The molecule has 0 aliphatic carbocycles. The first-order valence-corrected chi connectivity index (χ1v) is 6.64. The highest BCUT2D eigenvalue weighted by molar-refractivity contribution is 6.34. The van der Waals surface area contributed by atoms with Crippen LogP contribution in [0.1, 0.15) is 6.92 Å². The number of nitrogens with zero attached hydrogens (tertiary/aromatic N) is 1. The van der Waals surface area contributed by atoms with E-state index in [2.05, 4.69) is 0 Å². The third kappa shape index (κ3) is 6.14. The van der Waals surface area contributed by atoms with E-state index >= 15 is 0 Å². The number of ether oxygens (including phenoxy) is 1. The number of rotatable bonds is 7. The van der Waals surface area contributed by atoms with Gasteiger partial charge in [-0.1, -0.05) is 30.1 Å². The summed E-state index contributed by atoms with van der Waals surface area (Å²) in [5, 5.41) is 9.86. The molecule has 1 aromatic rings. The highest BCUT2D eigenvalue weighted by Gasteiger charge is 2.13. The molecule has 0 aliphatic rings. The van der Waals surface area contributed by atoms with E-state index in [1.165, 1.54) is 0 Å². The second kappa shape index (κ2) is 7.58. The molecule has 0 radical (unpaired) electrons. The lowest BCUT2D eigenvalue weighted by molar-refractivity contribution is -0.141. The van der Waals surface area contributed by atoms with Crippen LogP contribution in [0.2, 0.25) is 10.0 Å². The summed E-state index contributed by atoms with van der Waals surface area (Å²) >= 11 is 11.7. The van der Waals surface area contributed by atoms with Crippen molar-refractivity contribution in [2.45, 2.75) is 6.92 Å². The SMILES string of the molecule is CC(CN(C)CCOc1cc(Cl)cc(Cl)c1)C(=O)O. The van der Waals surface area contributed by atoms with Gasteiger partial charge < -0.3 is 14.7 Å². The lowest BCUT2D eigenvalue weighted by Gasteiger charge is -2.19. The predicted octanol–water partition coefficient (Wildman–Crippen LogP) is 3.02. The fourth-order valence-electron chi connectivity index (χ4n) is 1.57. The molecule has 19 heavy (non-hydrogen) atoms. The molecule has 0 aliphatic heterocycles. The Hall–Kier alpha value is -0.970. The molecular weight excluding hydrogens is 289 g/mol. The molecule has 1 unspecified atom stereocenters. The van der Waals surface area contributed by atoms with Crippen molar-refractivity contribution in [2.75, 3.05) is 26.7 Å². The molecule has 1 N–H and O–H groups in total. The van der Waals surface area contributed by atoms with Crippen LogP contribution in [0.5, 0.6) is 5.75 Å². The number of likely N-dealkylation sites (N-methyl/N-ethyl adjacent to an activating group) is 1. The normalized spacial score (nSPS) is 12.5. The van der Waals surface area contributed by atoms with Gasteiger partial charge in [0.15, 0.2) is 0 Å². The second-order valence-corrected chi connectivity index (χ2v) is 5.33. The van der Waals surface area contributed by atoms with Crippen LogP contribution >= 0.6 is 23.2 Å². The Morgan fingerprint density at radius 1 is 1.37 bits per heavy atom. The van der Waals surface area contributed by atoms with E-state index in [0.29, 0.717) is 35.5 Å². The Balaban J connectivity index is 2.35. The lowest BCUT2D eigenvalue weighted by Crippen LogP contribution is -2.31. The molecule has 0 saturated heterocycles. The molecule has 1 atom stereocenters. The number of halogens is 2. The summed E-state index contributed by atoms with van der Waals surface area (Å²) in [6.07, 6.45) is 0. The summed E-state index contributed by atoms with van der Waals surface area (Å²) < 4.78 is 5.52. The third-order valence-corrected chi connectivity index (χ3v) is 3.02. The van der Waals surface area contributed by atoms with Crippen LogP contribution in [0, 0.1) is 5.92 Å². The highest BCUT2D eigenvalue weighted by Crippen LogP contribution is 2.24. The van der Waals surface area contributed by atoms with Gasteiger partial charge in [0, 0.05) is 23.1 Å². The standard InChI is InChI=1S/C13H17Cl2NO3/c1-9(13(17)18)8-16(2)3-4-19-12-6-10(14)5-11(15)7-12/h5-7,9H,3-4,8H2,1-2H3,(H,17,18). The number of carbonyl (C=O) groups is 1. The van der Waals surface area contributed by atoms with Gasteiger partial charge in [0.2, 0.25) is 0 Å². The van der Waals surface area contributed by atoms with Crippen molar-refractivity contribution in [1.29, 1.82) is 0 Å². The van der Waals surface area contributed by atoms with Gasteiger partial charge in [-0.25, -0.2) is 0 Å². The topological polar surface area (TPSA) is 49.8 Å². The summed E-state index contributed by atoms with van der Waals surface area (Å²) in [7, 11) is 1.85. The minimum Gasteiger partial charge on any atom is -0.492 e. The minimum atomic E-state index is -0.797. The van der Waals surface area contributed by atoms with Gasteiger partial charge >= 0.3 is 5.97 Å². The smallest absolute Gasteiger partial charge is 0.307 e. The average Bonchev–Trinajstić information content (AvgIpc) is 2.27. The molecule has 6 heteroatoms. The van der Waals surface area contributed by atoms with Crippen molar-refractivity contribution >= 4 is 29.2 Å². The van der Waals surface area contributed by atoms with Crippen LogP contribution in [-0.4, -0.2) is 42.7 Å². The maximum absolute atomic E-state index is 10.7. The summed E-state index contributed by atoms with van der Waals surface area (Å²) in [5.41, 5.74) is 0. The van der Waals surface area contributed by atoms with Crippen LogP contribution in [0.15, 0.2) is 18.2 Å². The number of aliphatic carboxylic acids is 1. The number of hydrogen-bond donors (Lipinski definition) is 1. The van der Waals surface area contributed by atoms with Gasteiger partial charge in [-0.2, -0.15) is 0 Å². The second-order valence-electron chi connectivity index (χ2n) is 4.46. The van der Waals surface area contributed by atoms with Gasteiger partial charge in [-0.05, 0) is 25.2 Å². The Bertz CT molecular complexity index is 420. The average molecular weight is 306 g/mol. The van der Waals surface area contributed by atoms with Crippen molar-refractivity contribution < 1.29 is 14.6 Å². The highest BCUT2D eigenvalue weighted by atomic mass is 35.5. The Morgan fingerprint density at radius 3 is 2.47 bits per heavy atom. The first-order valence-electron chi connectivity index (χ1n) is 5.88. The van der Waals surface area contributed by atoms with Gasteiger partial charge in [0.05, 0.1) is 5.92 Å². The van der Waals surface area contributed by atoms with Crippen molar-refractivity contribution in [2.24, 2.45) is 5.92 Å². The molecule has 0 fully saturated rings. The zero-order chi connectivity index (χ0) is 14.4. The molecule has 1 rings (SSSR count). The largest absolute Gasteiger partial charge is 0.492 e. The van der Waals surface area contributed by atoms with Crippen molar-refractivity contribution in [1.82, 2.24) is 4.90 Å². The van der Waals surface area contributed by atoms with Gasteiger partial charge in [-0.15, -0.1) is 0 Å². The molecule has 0 aromatic heterocycles. The maximum atomic E-state index is 10.7. The van der Waals surface area contributed by atoms with E-state index in [-0.39, 0.29) is 0 Å². The van der Waals surface area contributed by atoms with Gasteiger partial charge in [0.1, 0.15) is 12.4 Å².